The zero-order valence-electron chi connectivity index (χ0n) is 13.3. The van der Waals surface area contributed by atoms with E-state index in [0.717, 1.165) is 30.1 Å². The molecule has 3 rings (SSSR count). The number of amides is 1. The Balaban J connectivity index is 1.79. The highest BCUT2D eigenvalue weighted by molar-refractivity contribution is 7.13. The van der Waals surface area contributed by atoms with E-state index in [1.807, 2.05) is 36.2 Å². The van der Waals surface area contributed by atoms with E-state index < -0.39 is 0 Å². The summed E-state index contributed by atoms with van der Waals surface area (Å²) in [7, 11) is 4.15. The molecular weight excluding hydrogens is 296 g/mol. The highest BCUT2D eigenvalue weighted by atomic mass is 32.1. The van der Waals surface area contributed by atoms with Gasteiger partial charge in [0.15, 0.2) is 0 Å². The van der Waals surface area contributed by atoms with Gasteiger partial charge in [-0.25, -0.2) is 0 Å². The number of fused-ring (bicyclic) bond motifs is 1. The summed E-state index contributed by atoms with van der Waals surface area (Å²) >= 11 is 1.57. The van der Waals surface area contributed by atoms with Crippen molar-refractivity contribution in [2.45, 2.75) is 25.9 Å². The molecule has 118 valence electrons. The zero-order valence-corrected chi connectivity index (χ0v) is 14.1. The number of aromatic nitrogens is 2. The van der Waals surface area contributed by atoms with Crippen LogP contribution in [-0.4, -0.2) is 52.7 Å². The number of nitrogens with zero attached hydrogens (tertiary/aromatic N) is 4. The predicted octanol–water partition coefficient (Wildman–Crippen LogP) is 2.40. The van der Waals surface area contributed by atoms with Gasteiger partial charge in [0, 0.05) is 17.6 Å². The van der Waals surface area contributed by atoms with Gasteiger partial charge in [0.05, 0.1) is 23.2 Å². The van der Waals surface area contributed by atoms with Crippen molar-refractivity contribution in [3.63, 3.8) is 0 Å². The van der Waals surface area contributed by atoms with Crippen LogP contribution in [0.25, 0.3) is 0 Å². The molecule has 0 radical (unpaired) electrons. The summed E-state index contributed by atoms with van der Waals surface area (Å²) in [5.41, 5.74) is 1.12. The quantitative estimate of drug-likeness (QED) is 0.869. The van der Waals surface area contributed by atoms with Crippen LogP contribution in [0.4, 0.5) is 0 Å². The first-order chi connectivity index (χ1) is 10.5. The molecule has 0 bridgehead atoms. The second kappa shape index (κ2) is 6.22. The number of aryl methyl sites for hydroxylation is 1. The maximum atomic E-state index is 12.7. The fraction of sp³-hybridized carbons (Fsp3) is 0.500. The normalized spacial score (nSPS) is 17.8. The molecule has 0 saturated heterocycles. The van der Waals surface area contributed by atoms with Gasteiger partial charge in [0.1, 0.15) is 0 Å². The van der Waals surface area contributed by atoms with Crippen molar-refractivity contribution in [1.29, 1.82) is 0 Å². The molecule has 6 heteroatoms. The van der Waals surface area contributed by atoms with Gasteiger partial charge in [0.25, 0.3) is 5.91 Å². The van der Waals surface area contributed by atoms with Crippen LogP contribution in [0, 0.1) is 6.92 Å². The predicted molar refractivity (Wildman–Crippen MR) is 88.2 cm³/mol. The van der Waals surface area contributed by atoms with E-state index in [2.05, 4.69) is 28.8 Å². The second-order valence-electron chi connectivity index (χ2n) is 6.11. The molecule has 1 unspecified atom stereocenters. The molecule has 1 aliphatic heterocycles. The Bertz CT molecular complexity index is 661. The van der Waals surface area contributed by atoms with Crippen LogP contribution in [0.5, 0.6) is 0 Å². The van der Waals surface area contributed by atoms with Crippen LogP contribution in [0.1, 0.15) is 32.7 Å². The van der Waals surface area contributed by atoms with Crippen LogP contribution in [0.2, 0.25) is 0 Å². The van der Waals surface area contributed by atoms with Gasteiger partial charge in [-0.3, -0.25) is 9.48 Å². The molecule has 0 N–H and O–H groups in total. The van der Waals surface area contributed by atoms with Gasteiger partial charge in [-0.1, -0.05) is 0 Å². The van der Waals surface area contributed by atoms with Gasteiger partial charge in [-0.15, -0.1) is 11.3 Å². The molecule has 0 spiro atoms. The lowest BCUT2D eigenvalue weighted by Crippen LogP contribution is -2.41. The van der Waals surface area contributed by atoms with Gasteiger partial charge in [0.2, 0.25) is 0 Å². The molecule has 1 atom stereocenters. The minimum atomic E-state index is 0.139. The lowest BCUT2D eigenvalue weighted by Gasteiger charge is -2.34. The van der Waals surface area contributed by atoms with Crippen molar-refractivity contribution in [3.05, 3.63) is 39.8 Å². The Hall–Kier alpha value is -1.66. The number of hydrogen-bond acceptors (Lipinski definition) is 4. The third-order valence-electron chi connectivity index (χ3n) is 4.03. The monoisotopic (exact) mass is 318 g/mol. The van der Waals surface area contributed by atoms with Crippen LogP contribution in [0.3, 0.4) is 0 Å². The number of carbonyl (C=O) groups excluding carboxylic acids is 1. The lowest BCUT2D eigenvalue weighted by molar-refractivity contribution is 0.0665. The van der Waals surface area contributed by atoms with Crippen LogP contribution < -0.4 is 0 Å². The molecule has 2 aromatic heterocycles. The Morgan fingerprint density at radius 2 is 2.23 bits per heavy atom. The third kappa shape index (κ3) is 3.08. The summed E-state index contributed by atoms with van der Waals surface area (Å²) in [6.45, 7) is 4.41. The number of hydrogen-bond donors (Lipinski definition) is 0. The fourth-order valence-corrected chi connectivity index (χ4v) is 3.70. The Kier molecular flexibility index (Phi) is 4.31. The molecule has 0 saturated carbocycles. The molecule has 3 heterocycles. The fourth-order valence-electron chi connectivity index (χ4n) is 2.87. The van der Waals surface area contributed by atoms with Gasteiger partial charge in [-0.2, -0.15) is 5.10 Å². The Morgan fingerprint density at radius 3 is 2.91 bits per heavy atom. The molecule has 1 aliphatic rings. The Labute approximate surface area is 135 Å². The van der Waals surface area contributed by atoms with Crippen LogP contribution in [0.15, 0.2) is 24.4 Å². The molecule has 5 nitrogen and oxygen atoms in total. The van der Waals surface area contributed by atoms with E-state index in [1.165, 1.54) is 4.88 Å². The van der Waals surface area contributed by atoms with Crippen molar-refractivity contribution in [2.24, 2.45) is 0 Å². The van der Waals surface area contributed by atoms with Gasteiger partial charge < -0.3 is 9.80 Å². The maximum Gasteiger partial charge on any atom is 0.264 e. The maximum absolute atomic E-state index is 12.7. The first kappa shape index (κ1) is 15.2. The average Bonchev–Trinajstić information content (AvgIpc) is 3.12. The third-order valence-corrected chi connectivity index (χ3v) is 5.02. The van der Waals surface area contributed by atoms with Crippen LogP contribution in [-0.2, 0) is 6.54 Å². The van der Waals surface area contributed by atoms with E-state index in [-0.39, 0.29) is 11.9 Å². The highest BCUT2D eigenvalue weighted by Gasteiger charge is 2.29. The summed E-state index contributed by atoms with van der Waals surface area (Å²) in [5.74, 6) is 0.139. The van der Waals surface area contributed by atoms with Crippen molar-refractivity contribution >= 4 is 17.2 Å². The summed E-state index contributed by atoms with van der Waals surface area (Å²) < 4.78 is 2.09. The largest absolute Gasteiger partial charge is 0.330 e. The molecule has 2 aromatic rings. The second-order valence-corrected chi connectivity index (χ2v) is 7.40. The smallest absolute Gasteiger partial charge is 0.264 e. The highest BCUT2D eigenvalue weighted by Crippen LogP contribution is 2.26. The summed E-state index contributed by atoms with van der Waals surface area (Å²) in [6.07, 6.45) is 2.83. The number of rotatable bonds is 4. The van der Waals surface area contributed by atoms with Crippen molar-refractivity contribution < 1.29 is 4.79 Å². The first-order valence-electron chi connectivity index (χ1n) is 7.57. The standard InChI is InChI=1S/C16H22N4OS/c1-12-4-5-15(22-12)16(21)19-10-13-6-8-17-20(13)14(11-19)7-9-18(2)3/h4-6,8,14H,7,9-11H2,1-3H3. The molecule has 0 aromatic carbocycles. The van der Waals surface area contributed by atoms with Crippen LogP contribution >= 0.6 is 11.3 Å². The topological polar surface area (TPSA) is 41.4 Å². The van der Waals surface area contributed by atoms with E-state index in [4.69, 9.17) is 0 Å². The first-order valence-corrected chi connectivity index (χ1v) is 8.39. The molecule has 1 amide bonds. The molecule has 0 fully saturated rings. The summed E-state index contributed by atoms with van der Waals surface area (Å²) in [5, 5.41) is 4.45. The lowest BCUT2D eigenvalue weighted by atomic mass is 10.1. The van der Waals surface area contributed by atoms with E-state index >= 15 is 0 Å². The summed E-state index contributed by atoms with van der Waals surface area (Å²) in [4.78, 5) is 18.9. The SMILES string of the molecule is Cc1ccc(C(=O)N2Cc3ccnn3C(CCN(C)C)C2)s1. The van der Waals surface area contributed by atoms with E-state index in [9.17, 15) is 4.79 Å². The van der Waals surface area contributed by atoms with E-state index in [0.29, 0.717) is 6.54 Å². The van der Waals surface area contributed by atoms with E-state index in [1.54, 1.807) is 11.3 Å². The zero-order chi connectivity index (χ0) is 15.7. The van der Waals surface area contributed by atoms with Crippen molar-refractivity contribution in [1.82, 2.24) is 19.6 Å². The number of thiophene rings is 1. The molecule has 0 aliphatic carbocycles. The minimum Gasteiger partial charge on any atom is -0.330 e. The Morgan fingerprint density at radius 1 is 1.41 bits per heavy atom. The average molecular weight is 318 g/mol. The van der Waals surface area contributed by atoms with Gasteiger partial charge >= 0.3 is 0 Å². The van der Waals surface area contributed by atoms with Crippen molar-refractivity contribution in [2.75, 3.05) is 27.2 Å². The number of carbonyl (C=O) groups is 1. The molecule has 22 heavy (non-hydrogen) atoms. The van der Waals surface area contributed by atoms with Gasteiger partial charge in [-0.05, 0) is 52.2 Å². The minimum absolute atomic E-state index is 0.139. The van der Waals surface area contributed by atoms with Crippen molar-refractivity contribution in [3.8, 4) is 0 Å². The molecular formula is C16H22N4OS. The summed E-state index contributed by atoms with van der Waals surface area (Å²) in [6, 6.07) is 6.21.